The zero-order valence-corrected chi connectivity index (χ0v) is 14.5. The summed E-state index contributed by atoms with van der Waals surface area (Å²) in [4.78, 5) is 17.7. The summed E-state index contributed by atoms with van der Waals surface area (Å²) in [7, 11) is 1.67. The number of hydrogen-bond donors (Lipinski definition) is 0. The highest BCUT2D eigenvalue weighted by molar-refractivity contribution is 5.72. The summed E-state index contributed by atoms with van der Waals surface area (Å²) in [5, 5.41) is 16.9. The van der Waals surface area contributed by atoms with Gasteiger partial charge in [0.1, 0.15) is 6.10 Å². The predicted octanol–water partition coefficient (Wildman–Crippen LogP) is 2.89. The van der Waals surface area contributed by atoms with Gasteiger partial charge in [-0.05, 0) is 52.9 Å². The zero-order chi connectivity index (χ0) is 16.9. The molecule has 0 saturated heterocycles. The Morgan fingerprint density at radius 3 is 2.55 bits per heavy atom. The lowest BCUT2D eigenvalue weighted by molar-refractivity contribution is -0.720. The molecule has 7 nitrogen and oxygen atoms in total. The van der Waals surface area contributed by atoms with Crippen molar-refractivity contribution in [3.63, 3.8) is 0 Å². The molecule has 1 aliphatic carbocycles. The van der Waals surface area contributed by atoms with Crippen molar-refractivity contribution in [1.29, 1.82) is 0 Å². The third-order valence-electron chi connectivity index (χ3n) is 4.20. The van der Waals surface area contributed by atoms with Gasteiger partial charge < -0.3 is 14.8 Å². The molecule has 1 aliphatic rings. The molecular formula is C15H29N3O4. The average Bonchev–Trinajstić information content (AvgIpc) is 2.43. The van der Waals surface area contributed by atoms with Crippen LogP contribution in [0.1, 0.15) is 53.9 Å². The van der Waals surface area contributed by atoms with Crippen molar-refractivity contribution in [3.8, 4) is 0 Å². The molecule has 0 N–H and O–H groups in total. The highest BCUT2D eigenvalue weighted by Crippen LogP contribution is 2.32. The van der Waals surface area contributed by atoms with Gasteiger partial charge in [-0.3, -0.25) is 4.79 Å². The van der Waals surface area contributed by atoms with Crippen LogP contribution in [0.15, 0.2) is 5.28 Å². The molecule has 1 fully saturated rings. The van der Waals surface area contributed by atoms with E-state index in [4.69, 9.17) is 9.57 Å². The molecule has 0 aliphatic heterocycles. The molecule has 0 bridgehead atoms. The summed E-state index contributed by atoms with van der Waals surface area (Å²) >= 11 is 0. The number of rotatable bonds is 5. The van der Waals surface area contributed by atoms with Crippen LogP contribution < -0.4 is 0 Å². The van der Waals surface area contributed by atoms with E-state index in [1.165, 1.54) is 5.01 Å². The monoisotopic (exact) mass is 315 g/mol. The van der Waals surface area contributed by atoms with Gasteiger partial charge in [0, 0.05) is 0 Å². The SMILES string of the molecule is CCOC(=O)C1CCC(O/N=[N+](\[O-])N(C)C(C)(C)C)CC1C. The van der Waals surface area contributed by atoms with E-state index in [0.717, 1.165) is 0 Å². The number of esters is 1. The standard InChI is InChI=1S/C15H29N3O4/c1-7-21-14(19)13-9-8-12(10-11(13)2)22-16-18(20)17(6)15(3,4)5/h11-13H,7-10H2,1-6H3/b18-16-. The van der Waals surface area contributed by atoms with Crippen LogP contribution in [0.3, 0.4) is 0 Å². The third kappa shape index (κ3) is 5.03. The fourth-order valence-corrected chi connectivity index (χ4v) is 2.46. The van der Waals surface area contributed by atoms with Crippen LogP contribution in [-0.4, -0.2) is 41.2 Å². The van der Waals surface area contributed by atoms with E-state index in [1.54, 1.807) is 7.05 Å². The molecule has 0 aromatic rings. The molecule has 0 radical (unpaired) electrons. The Hall–Kier alpha value is -1.53. The Morgan fingerprint density at radius 1 is 1.41 bits per heavy atom. The van der Waals surface area contributed by atoms with Crippen molar-refractivity contribution in [1.82, 2.24) is 5.01 Å². The van der Waals surface area contributed by atoms with Gasteiger partial charge in [0.15, 0.2) is 0 Å². The van der Waals surface area contributed by atoms with Crippen molar-refractivity contribution in [2.24, 2.45) is 17.1 Å². The summed E-state index contributed by atoms with van der Waals surface area (Å²) in [5.41, 5.74) is -0.330. The third-order valence-corrected chi connectivity index (χ3v) is 4.20. The fourth-order valence-electron chi connectivity index (χ4n) is 2.46. The van der Waals surface area contributed by atoms with E-state index in [-0.39, 0.29) is 29.4 Å². The number of carbonyl (C=O) groups excluding carboxylic acids is 1. The maximum Gasteiger partial charge on any atom is 0.309 e. The summed E-state index contributed by atoms with van der Waals surface area (Å²) < 4.78 is 5.09. The van der Waals surface area contributed by atoms with Gasteiger partial charge in [-0.2, -0.15) is 0 Å². The Bertz CT molecular complexity index is 406. The molecule has 1 saturated carbocycles. The number of ether oxygens (including phenoxy) is 1. The molecule has 0 aromatic carbocycles. The highest BCUT2D eigenvalue weighted by Gasteiger charge is 2.35. The molecule has 7 heteroatoms. The van der Waals surface area contributed by atoms with Crippen molar-refractivity contribution in [2.75, 3.05) is 13.7 Å². The maximum absolute atomic E-state index is 11.8. The highest BCUT2D eigenvalue weighted by atomic mass is 16.7. The fraction of sp³-hybridized carbons (Fsp3) is 0.933. The molecule has 22 heavy (non-hydrogen) atoms. The summed E-state index contributed by atoms with van der Waals surface area (Å²) in [6.45, 7) is 9.97. The zero-order valence-electron chi connectivity index (χ0n) is 14.5. The van der Waals surface area contributed by atoms with Gasteiger partial charge in [0.2, 0.25) is 5.28 Å². The molecular weight excluding hydrogens is 286 g/mol. The van der Waals surface area contributed by atoms with Crippen LogP contribution in [-0.2, 0) is 14.4 Å². The van der Waals surface area contributed by atoms with Crippen molar-refractivity contribution in [2.45, 2.75) is 65.5 Å². The molecule has 0 amide bonds. The van der Waals surface area contributed by atoms with Crippen LogP contribution >= 0.6 is 0 Å². The molecule has 3 atom stereocenters. The second-order valence-electron chi connectivity index (χ2n) is 6.91. The smallest absolute Gasteiger partial charge is 0.309 e. The second-order valence-corrected chi connectivity index (χ2v) is 6.91. The Kier molecular flexibility index (Phi) is 6.44. The van der Waals surface area contributed by atoms with Crippen molar-refractivity contribution in [3.05, 3.63) is 5.21 Å². The van der Waals surface area contributed by atoms with E-state index >= 15 is 0 Å². The Balaban J connectivity index is 2.52. The molecule has 0 aromatic heterocycles. The minimum absolute atomic E-state index is 0.0830. The lowest BCUT2D eigenvalue weighted by Crippen LogP contribution is -2.42. The lowest BCUT2D eigenvalue weighted by Gasteiger charge is -2.31. The van der Waals surface area contributed by atoms with Crippen molar-refractivity contribution >= 4 is 5.97 Å². The van der Waals surface area contributed by atoms with E-state index in [0.29, 0.717) is 30.8 Å². The number of hydrazine groups is 1. The second kappa shape index (κ2) is 7.65. The van der Waals surface area contributed by atoms with E-state index in [9.17, 15) is 10.0 Å². The molecule has 0 spiro atoms. The number of nitrogens with zero attached hydrogens (tertiary/aromatic N) is 3. The summed E-state index contributed by atoms with van der Waals surface area (Å²) in [5.74, 6) is -0.0582. The van der Waals surface area contributed by atoms with Crippen LogP contribution in [0, 0.1) is 17.0 Å². The molecule has 0 heterocycles. The Labute approximate surface area is 132 Å². The van der Waals surface area contributed by atoms with E-state index in [1.807, 2.05) is 34.6 Å². The Morgan fingerprint density at radius 2 is 2.05 bits per heavy atom. The topological polar surface area (TPSA) is 77.2 Å². The van der Waals surface area contributed by atoms with Crippen LogP contribution in [0.2, 0.25) is 0 Å². The van der Waals surface area contributed by atoms with Gasteiger partial charge >= 0.3 is 5.97 Å². The minimum atomic E-state index is -0.330. The first kappa shape index (κ1) is 18.5. The first-order chi connectivity index (χ1) is 10.2. The molecule has 3 unspecified atom stereocenters. The largest absolute Gasteiger partial charge is 0.569 e. The molecule has 128 valence electrons. The van der Waals surface area contributed by atoms with E-state index in [2.05, 4.69) is 5.28 Å². The first-order valence-corrected chi connectivity index (χ1v) is 7.91. The molecule has 1 rings (SSSR count). The lowest BCUT2D eigenvalue weighted by atomic mass is 9.79. The van der Waals surface area contributed by atoms with Crippen molar-refractivity contribution < 1.29 is 19.3 Å². The van der Waals surface area contributed by atoms with Crippen LogP contribution in [0.25, 0.3) is 0 Å². The summed E-state index contributed by atoms with van der Waals surface area (Å²) in [6.07, 6.45) is 1.96. The summed E-state index contributed by atoms with van der Waals surface area (Å²) in [6, 6.07) is 0. The van der Waals surface area contributed by atoms with E-state index < -0.39 is 0 Å². The first-order valence-electron chi connectivity index (χ1n) is 7.91. The number of carbonyl (C=O) groups is 1. The number of hydrogen-bond acceptors (Lipinski definition) is 5. The van der Waals surface area contributed by atoms with Crippen LogP contribution in [0.5, 0.6) is 0 Å². The van der Waals surface area contributed by atoms with Crippen LogP contribution in [0.4, 0.5) is 0 Å². The maximum atomic E-state index is 11.8. The van der Waals surface area contributed by atoms with Gasteiger partial charge in [0.05, 0.1) is 30.1 Å². The van der Waals surface area contributed by atoms with Gasteiger partial charge in [-0.25, -0.2) is 0 Å². The quantitative estimate of drug-likeness (QED) is 0.337. The average molecular weight is 315 g/mol. The van der Waals surface area contributed by atoms with Gasteiger partial charge in [-0.15, -0.1) is 5.01 Å². The normalized spacial score (nSPS) is 26.5. The predicted molar refractivity (Wildman–Crippen MR) is 81.6 cm³/mol. The van der Waals surface area contributed by atoms with Gasteiger partial charge in [0.25, 0.3) is 0 Å². The van der Waals surface area contributed by atoms with Gasteiger partial charge in [-0.1, -0.05) is 6.92 Å². The minimum Gasteiger partial charge on any atom is -0.569 e.